The van der Waals surface area contributed by atoms with Crippen LogP contribution in [0, 0.1) is 6.92 Å². The Morgan fingerprint density at radius 1 is 0.889 bits per heavy atom. The molecule has 5 heteroatoms. The van der Waals surface area contributed by atoms with E-state index in [1.54, 1.807) is 6.21 Å². The van der Waals surface area contributed by atoms with E-state index in [-0.39, 0.29) is 18.4 Å². The molecule has 0 aliphatic rings. The number of carbonyl (C=O) groups excluding carboxylic acids is 2. The van der Waals surface area contributed by atoms with Gasteiger partial charge in [-0.1, -0.05) is 88.1 Å². The van der Waals surface area contributed by atoms with Crippen LogP contribution in [0.15, 0.2) is 29.4 Å². The molecule has 0 saturated carbocycles. The van der Waals surface area contributed by atoms with Gasteiger partial charge in [0, 0.05) is 6.42 Å². The van der Waals surface area contributed by atoms with E-state index < -0.39 is 0 Å². The number of benzene rings is 1. The first-order valence-electron chi connectivity index (χ1n) is 10.3. The lowest BCUT2D eigenvalue weighted by molar-refractivity contribution is -0.126. The SMILES string of the molecule is CCCCCCCCCCCC(=O)NCC(=O)N/N=C\c1ccc(C)cc1. The first-order chi connectivity index (χ1) is 13.1. The van der Waals surface area contributed by atoms with E-state index in [2.05, 4.69) is 22.8 Å². The topological polar surface area (TPSA) is 70.6 Å². The molecule has 1 aromatic rings. The van der Waals surface area contributed by atoms with Crippen molar-refractivity contribution in [1.29, 1.82) is 0 Å². The molecule has 1 rings (SSSR count). The van der Waals surface area contributed by atoms with Gasteiger partial charge in [0.25, 0.3) is 5.91 Å². The summed E-state index contributed by atoms with van der Waals surface area (Å²) in [5.74, 6) is -0.394. The highest BCUT2D eigenvalue weighted by Crippen LogP contribution is 2.10. The molecule has 150 valence electrons. The van der Waals surface area contributed by atoms with E-state index in [1.165, 1.54) is 50.5 Å². The van der Waals surface area contributed by atoms with Gasteiger partial charge in [0.15, 0.2) is 0 Å². The Labute approximate surface area is 164 Å². The molecule has 0 aliphatic carbocycles. The zero-order valence-electron chi connectivity index (χ0n) is 16.9. The first-order valence-corrected chi connectivity index (χ1v) is 10.3. The summed E-state index contributed by atoms with van der Waals surface area (Å²) in [6, 6.07) is 7.82. The molecule has 0 aliphatic heterocycles. The van der Waals surface area contributed by atoms with E-state index in [4.69, 9.17) is 0 Å². The summed E-state index contributed by atoms with van der Waals surface area (Å²) in [7, 11) is 0. The van der Waals surface area contributed by atoms with Crippen LogP contribution in [0.4, 0.5) is 0 Å². The van der Waals surface area contributed by atoms with Crippen molar-refractivity contribution < 1.29 is 9.59 Å². The van der Waals surface area contributed by atoms with Crippen molar-refractivity contribution in [2.45, 2.75) is 78.1 Å². The Morgan fingerprint density at radius 3 is 2.11 bits per heavy atom. The molecule has 0 bridgehead atoms. The fraction of sp³-hybridized carbons (Fsp3) is 0.591. The minimum atomic E-state index is -0.321. The Kier molecular flexibility index (Phi) is 12.7. The maximum Gasteiger partial charge on any atom is 0.259 e. The summed E-state index contributed by atoms with van der Waals surface area (Å²) in [5, 5.41) is 6.53. The third kappa shape index (κ3) is 12.8. The van der Waals surface area contributed by atoms with Crippen LogP contribution in [-0.4, -0.2) is 24.6 Å². The molecule has 1 aromatic carbocycles. The van der Waals surface area contributed by atoms with Crippen LogP contribution < -0.4 is 10.7 Å². The Balaban J connectivity index is 2.00. The second-order valence-corrected chi connectivity index (χ2v) is 7.06. The van der Waals surface area contributed by atoms with Gasteiger partial charge < -0.3 is 5.32 Å². The summed E-state index contributed by atoms with van der Waals surface area (Å²) in [6.07, 6.45) is 13.1. The minimum absolute atomic E-state index is 0.0402. The van der Waals surface area contributed by atoms with Crippen LogP contribution in [0.2, 0.25) is 0 Å². The van der Waals surface area contributed by atoms with Crippen molar-refractivity contribution in [2.75, 3.05) is 6.54 Å². The molecule has 0 spiro atoms. The Hall–Kier alpha value is -2.17. The Morgan fingerprint density at radius 2 is 1.48 bits per heavy atom. The van der Waals surface area contributed by atoms with Gasteiger partial charge in [0.1, 0.15) is 0 Å². The van der Waals surface area contributed by atoms with Gasteiger partial charge in [-0.05, 0) is 18.9 Å². The second kappa shape index (κ2) is 14.9. The Bertz CT molecular complexity index is 567. The van der Waals surface area contributed by atoms with Gasteiger partial charge in [-0.25, -0.2) is 5.43 Å². The molecule has 0 atom stereocenters. The zero-order chi connectivity index (χ0) is 19.7. The van der Waals surface area contributed by atoms with Gasteiger partial charge in [0.2, 0.25) is 5.91 Å². The molecule has 0 fully saturated rings. The fourth-order valence-corrected chi connectivity index (χ4v) is 2.73. The predicted octanol–water partition coefficient (Wildman–Crippen LogP) is 4.48. The predicted molar refractivity (Wildman–Crippen MR) is 112 cm³/mol. The number of hydrogen-bond donors (Lipinski definition) is 2. The van der Waals surface area contributed by atoms with Crippen LogP contribution in [0.25, 0.3) is 0 Å². The van der Waals surface area contributed by atoms with E-state index in [1.807, 2.05) is 31.2 Å². The molecular weight excluding hydrogens is 338 g/mol. The average Bonchev–Trinajstić information content (AvgIpc) is 2.66. The molecule has 0 aromatic heterocycles. The van der Waals surface area contributed by atoms with Crippen LogP contribution in [0.1, 0.15) is 82.3 Å². The summed E-state index contributed by atoms with van der Waals surface area (Å²) in [5.41, 5.74) is 4.51. The molecule has 0 saturated heterocycles. The van der Waals surface area contributed by atoms with Crippen molar-refractivity contribution in [2.24, 2.45) is 5.10 Å². The van der Waals surface area contributed by atoms with Crippen molar-refractivity contribution in [3.05, 3.63) is 35.4 Å². The van der Waals surface area contributed by atoms with Gasteiger partial charge >= 0.3 is 0 Å². The van der Waals surface area contributed by atoms with E-state index >= 15 is 0 Å². The lowest BCUT2D eigenvalue weighted by atomic mass is 10.1. The molecule has 2 N–H and O–H groups in total. The molecule has 27 heavy (non-hydrogen) atoms. The minimum Gasteiger partial charge on any atom is -0.347 e. The number of amides is 2. The van der Waals surface area contributed by atoms with Crippen LogP contribution in [-0.2, 0) is 9.59 Å². The molecular formula is C22H35N3O2. The maximum absolute atomic E-state index is 11.8. The maximum atomic E-state index is 11.8. The lowest BCUT2D eigenvalue weighted by Gasteiger charge is -2.05. The molecule has 5 nitrogen and oxygen atoms in total. The van der Waals surface area contributed by atoms with Crippen molar-refractivity contribution >= 4 is 18.0 Å². The monoisotopic (exact) mass is 373 g/mol. The third-order valence-electron chi connectivity index (χ3n) is 4.43. The number of hydrogen-bond acceptors (Lipinski definition) is 3. The molecule has 0 heterocycles. The number of unbranched alkanes of at least 4 members (excludes halogenated alkanes) is 8. The first kappa shape index (κ1) is 22.9. The number of aryl methyl sites for hydroxylation is 1. The van der Waals surface area contributed by atoms with Gasteiger partial charge in [0.05, 0.1) is 12.8 Å². The third-order valence-corrected chi connectivity index (χ3v) is 4.43. The number of rotatable bonds is 14. The lowest BCUT2D eigenvalue weighted by Crippen LogP contribution is -2.34. The summed E-state index contributed by atoms with van der Waals surface area (Å²) >= 11 is 0. The van der Waals surface area contributed by atoms with Crippen molar-refractivity contribution in [3.63, 3.8) is 0 Å². The normalized spacial score (nSPS) is 10.9. The summed E-state index contributed by atoms with van der Waals surface area (Å²) in [6.45, 7) is 4.20. The second-order valence-electron chi connectivity index (χ2n) is 7.06. The van der Waals surface area contributed by atoms with E-state index in [9.17, 15) is 9.59 Å². The number of nitrogens with one attached hydrogen (secondary N) is 2. The summed E-state index contributed by atoms with van der Waals surface area (Å²) < 4.78 is 0. The molecule has 2 amide bonds. The number of nitrogens with zero attached hydrogens (tertiary/aromatic N) is 1. The standard InChI is InChI=1S/C22H35N3O2/c1-3-4-5-6-7-8-9-10-11-12-21(26)23-18-22(27)25-24-17-20-15-13-19(2)14-16-20/h13-17H,3-12,18H2,1-2H3,(H,23,26)(H,25,27)/b24-17-. The highest BCUT2D eigenvalue weighted by atomic mass is 16.2. The van der Waals surface area contributed by atoms with Gasteiger partial charge in [-0.3, -0.25) is 9.59 Å². The molecule has 0 unspecified atom stereocenters. The zero-order valence-corrected chi connectivity index (χ0v) is 16.9. The number of hydrazone groups is 1. The number of carbonyl (C=O) groups is 2. The highest BCUT2D eigenvalue weighted by Gasteiger charge is 2.04. The van der Waals surface area contributed by atoms with Crippen LogP contribution in [0.5, 0.6) is 0 Å². The van der Waals surface area contributed by atoms with Crippen LogP contribution in [0.3, 0.4) is 0 Å². The highest BCUT2D eigenvalue weighted by molar-refractivity contribution is 5.86. The smallest absolute Gasteiger partial charge is 0.259 e. The van der Waals surface area contributed by atoms with Crippen molar-refractivity contribution in [1.82, 2.24) is 10.7 Å². The van der Waals surface area contributed by atoms with E-state index in [0.29, 0.717) is 6.42 Å². The fourth-order valence-electron chi connectivity index (χ4n) is 2.73. The quantitative estimate of drug-likeness (QED) is 0.287. The van der Waals surface area contributed by atoms with Gasteiger partial charge in [-0.2, -0.15) is 5.10 Å². The van der Waals surface area contributed by atoms with Crippen LogP contribution >= 0.6 is 0 Å². The van der Waals surface area contributed by atoms with Gasteiger partial charge in [-0.15, -0.1) is 0 Å². The van der Waals surface area contributed by atoms with Crippen molar-refractivity contribution in [3.8, 4) is 0 Å². The molecule has 0 radical (unpaired) electrons. The average molecular weight is 374 g/mol. The largest absolute Gasteiger partial charge is 0.347 e. The summed E-state index contributed by atoms with van der Waals surface area (Å²) in [4.78, 5) is 23.4. The van der Waals surface area contributed by atoms with E-state index in [0.717, 1.165) is 18.4 Å².